The van der Waals surface area contributed by atoms with Crippen LogP contribution < -0.4 is 30.7 Å². The summed E-state index contributed by atoms with van der Waals surface area (Å²) in [6, 6.07) is 32.4. The Kier molecular flexibility index (Phi) is 13.8. The van der Waals surface area contributed by atoms with Gasteiger partial charge in [0.25, 0.3) is 17.7 Å². The number of nitrogens with zero attached hydrogens (tertiary/aromatic N) is 7. The lowest BCUT2D eigenvalue weighted by Gasteiger charge is -2.34. The number of nitrogens with two attached hydrogens (primary N) is 2. The van der Waals surface area contributed by atoms with Gasteiger partial charge in [-0.3, -0.25) is 24.1 Å². The third kappa shape index (κ3) is 10.5. The Morgan fingerprint density at radius 2 is 1.34 bits per heavy atom. The number of ether oxygens (including phenoxy) is 3. The molecule has 1 unspecified atom stereocenters. The van der Waals surface area contributed by atoms with Gasteiger partial charge in [0.2, 0.25) is 5.91 Å². The lowest BCUT2D eigenvalue weighted by atomic mass is 10.1. The van der Waals surface area contributed by atoms with Crippen molar-refractivity contribution < 1.29 is 33.4 Å². The minimum absolute atomic E-state index is 0.0495. The van der Waals surface area contributed by atoms with E-state index in [-0.39, 0.29) is 30.0 Å². The number of likely N-dealkylation sites (tertiary alicyclic amines) is 1. The number of carbonyl (C=O) groups excluding carboxylic acids is 4. The molecule has 71 heavy (non-hydrogen) atoms. The number of hydrogen-bond donors (Lipinski definition) is 2. The van der Waals surface area contributed by atoms with Gasteiger partial charge in [-0.25, -0.2) is 9.97 Å². The van der Waals surface area contributed by atoms with Crippen molar-refractivity contribution in [3.63, 3.8) is 0 Å². The normalized spacial score (nSPS) is 18.9. The summed E-state index contributed by atoms with van der Waals surface area (Å²) in [5.41, 5.74) is 15.2. The first-order valence-corrected chi connectivity index (χ1v) is 25.1. The second-order valence-electron chi connectivity index (χ2n) is 17.6. The average molecular weight is 990 g/mol. The topological polar surface area (TPSA) is 190 Å². The van der Waals surface area contributed by atoms with Crippen molar-refractivity contribution in [2.24, 2.45) is 11.5 Å². The van der Waals surface area contributed by atoms with Crippen molar-refractivity contribution in [1.82, 2.24) is 24.7 Å². The number of thiazole rings is 2. The maximum absolute atomic E-state index is 13.3. The molecule has 4 saturated heterocycles. The molecule has 6 aromatic rings. The van der Waals surface area contributed by atoms with Gasteiger partial charge in [0.15, 0.2) is 10.3 Å². The molecule has 2 aromatic heterocycles. The van der Waals surface area contributed by atoms with Gasteiger partial charge >= 0.3 is 0 Å². The highest BCUT2D eigenvalue weighted by atomic mass is 32.1. The largest absolute Gasteiger partial charge is 0.457 e. The third-order valence-corrected chi connectivity index (χ3v) is 15.2. The Hall–Kier alpha value is -7.56. The summed E-state index contributed by atoms with van der Waals surface area (Å²) in [5, 5.41) is 1.40. The van der Waals surface area contributed by atoms with Crippen LogP contribution in [0.1, 0.15) is 44.4 Å². The lowest BCUT2D eigenvalue weighted by molar-refractivity contribution is -0.127. The summed E-state index contributed by atoms with van der Waals surface area (Å²) in [6.07, 6.45) is 4.22. The molecule has 4 fully saturated rings. The van der Waals surface area contributed by atoms with Crippen LogP contribution >= 0.6 is 22.7 Å². The van der Waals surface area contributed by atoms with Crippen LogP contribution in [0.5, 0.6) is 23.0 Å². The lowest BCUT2D eigenvalue weighted by Crippen LogP contribution is -2.48. The maximum atomic E-state index is 13.3. The number of morpholine rings is 1. The van der Waals surface area contributed by atoms with Crippen molar-refractivity contribution in [2.45, 2.75) is 31.5 Å². The highest BCUT2D eigenvalue weighted by Gasteiger charge is 2.46. The number of hydrogen-bond acceptors (Lipinski definition) is 14. The predicted molar refractivity (Wildman–Crippen MR) is 273 cm³/mol. The molecule has 4 N–H and O–H groups in total. The van der Waals surface area contributed by atoms with E-state index in [1.54, 1.807) is 13.0 Å². The van der Waals surface area contributed by atoms with E-state index >= 15 is 0 Å². The van der Waals surface area contributed by atoms with Gasteiger partial charge in [0.05, 0.1) is 36.2 Å². The van der Waals surface area contributed by atoms with Crippen LogP contribution in [-0.2, 0) is 14.3 Å². The number of fused-ring (bicyclic) bond motifs is 2. The number of anilines is 2. The number of benzene rings is 4. The minimum Gasteiger partial charge on any atom is -0.457 e. The van der Waals surface area contributed by atoms with Gasteiger partial charge in [-0.05, 0) is 97.6 Å². The van der Waals surface area contributed by atoms with Crippen LogP contribution in [0.25, 0.3) is 22.5 Å². The fraction of sp³-hybridized carbons (Fsp3) is 0.283. The fourth-order valence-corrected chi connectivity index (χ4v) is 11.4. The molecule has 6 heterocycles. The number of piperazine rings is 2. The molecule has 18 heteroatoms. The van der Waals surface area contributed by atoms with Gasteiger partial charge in [-0.1, -0.05) is 65.0 Å². The molecule has 0 spiro atoms. The van der Waals surface area contributed by atoms with Crippen molar-refractivity contribution in [1.29, 1.82) is 0 Å². The van der Waals surface area contributed by atoms with E-state index in [1.807, 2.05) is 119 Å². The van der Waals surface area contributed by atoms with Crippen molar-refractivity contribution in [2.75, 3.05) is 75.3 Å². The van der Waals surface area contributed by atoms with E-state index in [9.17, 15) is 19.2 Å². The molecular weight excluding hydrogens is 939 g/mol. The molecule has 4 amide bonds. The quantitative estimate of drug-likeness (QED) is 0.0859. The number of aromatic nitrogens is 2. The highest BCUT2D eigenvalue weighted by molar-refractivity contribution is 7.18. The molecule has 4 aliphatic rings. The summed E-state index contributed by atoms with van der Waals surface area (Å²) in [6.45, 7) is 7.55. The summed E-state index contributed by atoms with van der Waals surface area (Å²) in [5.74, 6) is 6.73. The van der Waals surface area contributed by atoms with E-state index in [0.29, 0.717) is 108 Å². The van der Waals surface area contributed by atoms with Gasteiger partial charge in [0, 0.05) is 76.1 Å². The highest BCUT2D eigenvalue weighted by Crippen LogP contribution is 2.41. The van der Waals surface area contributed by atoms with Crippen LogP contribution in [-0.4, -0.2) is 126 Å². The SMILES string of the molecule is CC#CC(=O)N1C[C@@H]2C[C@H]1CN2c1nc(-c2ccc(Oc3cccc(C4CN(C/C=C/C(=O)N5CCN(c6nc(-c7ccc(Oc8ccccc8)cc7)c(C(N)=O)s6)CC5)CCO4)c3)cc2)c(C(N)=O)s1. The first-order chi connectivity index (χ1) is 34.6. The Bertz CT molecular complexity index is 3030. The smallest absolute Gasteiger partial charge is 0.298 e. The molecule has 3 atom stereocenters. The summed E-state index contributed by atoms with van der Waals surface area (Å²) in [7, 11) is 0. The van der Waals surface area contributed by atoms with Crippen LogP contribution in [0.3, 0.4) is 0 Å². The monoisotopic (exact) mass is 989 g/mol. The standard InChI is InChI=1S/C53H51N9O7S2/c1-2-8-45(64)61-31-38-30-37(61)32-62(38)53-57-47(49(71-53)51(55)66)35-16-20-41(21-17-35)69-42-12-6-9-36(29-42)43-33-58(27-28-67-43)22-7-13-44(63)59-23-25-60(26-24-59)52-56-46(48(70-52)50(54)65)34-14-18-40(19-15-34)68-39-10-4-3-5-11-39/h3-7,9-21,29,37-38,43H,22-28,30-33H2,1H3,(H2,54,65)(H2,55,66)/b13-7+/t37-,38-,43?/m0/s1. The van der Waals surface area contributed by atoms with Crippen LogP contribution in [0.15, 0.2) is 115 Å². The number of carbonyl (C=O) groups is 4. The first kappa shape index (κ1) is 47.1. The van der Waals surface area contributed by atoms with Crippen LogP contribution in [0.2, 0.25) is 0 Å². The van der Waals surface area contributed by atoms with Gasteiger partial charge in [0.1, 0.15) is 32.8 Å². The van der Waals surface area contributed by atoms with Crippen molar-refractivity contribution in [3.8, 4) is 57.4 Å². The molecule has 0 saturated carbocycles. The third-order valence-electron chi connectivity index (χ3n) is 13.0. The molecule has 4 aliphatic heterocycles. The number of primary amides is 2. The number of rotatable bonds is 14. The molecule has 0 radical (unpaired) electrons. The molecule has 4 aromatic carbocycles. The zero-order valence-corrected chi connectivity index (χ0v) is 40.6. The maximum Gasteiger partial charge on any atom is 0.298 e. The van der Waals surface area contributed by atoms with Gasteiger partial charge in [-0.15, -0.1) is 0 Å². The fourth-order valence-electron chi connectivity index (χ4n) is 9.43. The Balaban J connectivity index is 0.703. The number of para-hydroxylation sites is 1. The summed E-state index contributed by atoms with van der Waals surface area (Å²) in [4.78, 5) is 71.6. The second kappa shape index (κ2) is 20.8. The van der Waals surface area contributed by atoms with E-state index in [4.69, 9.17) is 35.6 Å². The van der Waals surface area contributed by atoms with Crippen molar-refractivity contribution in [3.05, 3.63) is 131 Å². The Labute approximate surface area is 419 Å². The van der Waals surface area contributed by atoms with E-state index < -0.39 is 11.8 Å². The van der Waals surface area contributed by atoms with Gasteiger partial charge in [-0.2, -0.15) is 0 Å². The Morgan fingerprint density at radius 3 is 1.97 bits per heavy atom. The zero-order valence-electron chi connectivity index (χ0n) is 38.9. The molecule has 10 rings (SSSR count). The van der Waals surface area contributed by atoms with Gasteiger partial charge < -0.3 is 45.3 Å². The van der Waals surface area contributed by atoms with Crippen molar-refractivity contribution >= 4 is 56.6 Å². The Morgan fingerprint density at radius 1 is 0.718 bits per heavy atom. The van der Waals surface area contributed by atoms with E-state index in [0.717, 1.165) is 35.4 Å². The molecule has 16 nitrogen and oxygen atoms in total. The van der Waals surface area contributed by atoms with E-state index in [1.165, 1.54) is 22.7 Å². The predicted octanol–water partition coefficient (Wildman–Crippen LogP) is 6.81. The molecular formula is C53H51N9O7S2. The number of amides is 4. The summed E-state index contributed by atoms with van der Waals surface area (Å²) < 4.78 is 18.4. The molecule has 0 aliphatic carbocycles. The summed E-state index contributed by atoms with van der Waals surface area (Å²) >= 11 is 2.55. The average Bonchev–Trinajstić information content (AvgIpc) is 4.22. The zero-order chi connectivity index (χ0) is 49.0. The molecule has 362 valence electrons. The van der Waals surface area contributed by atoms with Crippen LogP contribution in [0.4, 0.5) is 10.3 Å². The molecule has 2 bridgehead atoms. The van der Waals surface area contributed by atoms with E-state index in [2.05, 4.69) is 26.5 Å². The minimum atomic E-state index is -0.542. The first-order valence-electron chi connectivity index (χ1n) is 23.4. The van der Waals surface area contributed by atoms with Crippen LogP contribution in [0, 0.1) is 11.8 Å². The second-order valence-corrected chi connectivity index (χ2v) is 19.5.